The van der Waals surface area contributed by atoms with Gasteiger partial charge in [-0.2, -0.15) is 0 Å². The summed E-state index contributed by atoms with van der Waals surface area (Å²) in [6.45, 7) is 9.97. The normalized spacial score (nSPS) is 15.9. The Morgan fingerprint density at radius 2 is 1.80 bits per heavy atom. The summed E-state index contributed by atoms with van der Waals surface area (Å²) in [6, 6.07) is 18.2. The number of hydrogen-bond acceptors (Lipinski definition) is 7. The number of amides is 2. The van der Waals surface area contributed by atoms with Crippen molar-refractivity contribution in [3.63, 3.8) is 0 Å². The number of carbonyl (C=O) groups is 3. The summed E-state index contributed by atoms with van der Waals surface area (Å²) in [6.07, 6.45) is 0.603. The molecule has 1 aliphatic heterocycles. The van der Waals surface area contributed by atoms with E-state index >= 15 is 0 Å². The predicted octanol–water partition coefficient (Wildman–Crippen LogP) is 6.90. The molecule has 4 aromatic rings. The van der Waals surface area contributed by atoms with Gasteiger partial charge in [-0.3, -0.25) is 24.2 Å². The maximum atomic E-state index is 14.4. The summed E-state index contributed by atoms with van der Waals surface area (Å²) in [7, 11) is 0. The fourth-order valence-electron chi connectivity index (χ4n) is 6.02. The number of aliphatic hydroxyl groups is 1. The molecule has 3 aromatic carbocycles. The Labute approximate surface area is 282 Å². The van der Waals surface area contributed by atoms with Crippen molar-refractivity contribution in [1.29, 1.82) is 0 Å². The third-order valence-electron chi connectivity index (χ3n) is 8.48. The first-order valence-electron chi connectivity index (χ1n) is 15.6. The van der Waals surface area contributed by atoms with Crippen molar-refractivity contribution in [2.75, 3.05) is 22.9 Å². The van der Waals surface area contributed by atoms with E-state index < -0.39 is 17.7 Å². The molecule has 5 rings (SSSR count). The van der Waals surface area contributed by atoms with Crippen LogP contribution in [0, 0.1) is 6.92 Å². The summed E-state index contributed by atoms with van der Waals surface area (Å²) in [4.78, 5) is 46.0. The number of ketones is 1. The average Bonchev–Trinajstić information content (AvgIpc) is 3.29. The molecule has 4 N–H and O–H groups in total. The predicted molar refractivity (Wildman–Crippen MR) is 191 cm³/mol. The van der Waals surface area contributed by atoms with Crippen LogP contribution in [0.5, 0.6) is 0 Å². The van der Waals surface area contributed by atoms with Crippen molar-refractivity contribution in [3.05, 3.63) is 87.4 Å². The number of halogens is 1. The number of hydrogen-bond donors (Lipinski definition) is 3. The van der Waals surface area contributed by atoms with Gasteiger partial charge in [-0.1, -0.05) is 36.4 Å². The maximum absolute atomic E-state index is 14.4. The summed E-state index contributed by atoms with van der Waals surface area (Å²) in [5.74, 6) is -0.744. The Balaban J connectivity index is 1.67. The summed E-state index contributed by atoms with van der Waals surface area (Å²) in [5, 5.41) is 14.9. The topological polar surface area (TPSA) is 116 Å². The third-order valence-corrected chi connectivity index (χ3v) is 10.7. The molecule has 0 radical (unpaired) electrons. The van der Waals surface area contributed by atoms with Gasteiger partial charge in [-0.15, -0.1) is 11.3 Å². The molecule has 1 aromatic heterocycles. The lowest BCUT2D eigenvalue weighted by atomic mass is 9.90. The molecular formula is C36H41BrN4O4S. The number of benzene rings is 3. The Bertz CT molecular complexity index is 1800. The molecule has 2 heterocycles. The number of nitrogens with one attached hydrogen (secondary N) is 1. The number of aryl methyl sites for hydroxylation is 1. The van der Waals surface area contributed by atoms with Crippen LogP contribution in [0.2, 0.25) is 0 Å². The van der Waals surface area contributed by atoms with Crippen LogP contribution in [0.25, 0.3) is 10.1 Å². The van der Waals surface area contributed by atoms with E-state index in [4.69, 9.17) is 5.73 Å². The van der Waals surface area contributed by atoms with Gasteiger partial charge in [0.2, 0.25) is 5.91 Å². The Kier molecular flexibility index (Phi) is 10.1. The second kappa shape index (κ2) is 13.8. The lowest BCUT2D eigenvalue weighted by Gasteiger charge is -2.31. The number of para-hydroxylation sites is 1. The quantitative estimate of drug-likeness (QED) is 0.155. The molecule has 0 bridgehead atoms. The minimum absolute atomic E-state index is 0.102. The highest BCUT2D eigenvalue weighted by Crippen LogP contribution is 2.44. The highest BCUT2D eigenvalue weighted by molar-refractivity contribution is 9.10. The first kappa shape index (κ1) is 33.9. The molecule has 242 valence electrons. The number of thiophene rings is 1. The molecule has 1 unspecified atom stereocenters. The summed E-state index contributed by atoms with van der Waals surface area (Å²) >= 11 is 5.27. The molecule has 2 atom stereocenters. The molecular weight excluding hydrogens is 664 g/mol. The van der Waals surface area contributed by atoms with Gasteiger partial charge < -0.3 is 16.2 Å². The number of fused-ring (bicyclic) bond motifs is 2. The first-order chi connectivity index (χ1) is 21.8. The van der Waals surface area contributed by atoms with Gasteiger partial charge in [0.25, 0.3) is 5.91 Å². The minimum Gasteiger partial charge on any atom is -0.392 e. The van der Waals surface area contributed by atoms with E-state index in [2.05, 4.69) is 21.2 Å². The number of β-amino-alcohol motifs (C(OH)–C–C–N with tert-alkyl or cyclic N) is 1. The summed E-state index contributed by atoms with van der Waals surface area (Å²) in [5.41, 5.74) is 9.04. The van der Waals surface area contributed by atoms with Gasteiger partial charge >= 0.3 is 0 Å². The van der Waals surface area contributed by atoms with E-state index in [1.54, 1.807) is 35.8 Å². The number of nitrogens with two attached hydrogens (primary N) is 1. The van der Waals surface area contributed by atoms with E-state index in [1.807, 2.05) is 69.3 Å². The van der Waals surface area contributed by atoms with Crippen LogP contribution in [-0.2, 0) is 11.2 Å². The fraction of sp³-hybridized carbons (Fsp3) is 0.361. The smallest absolute Gasteiger partial charge is 0.259 e. The Morgan fingerprint density at radius 1 is 1.13 bits per heavy atom. The van der Waals surface area contributed by atoms with Crippen molar-refractivity contribution in [3.8, 4) is 0 Å². The lowest BCUT2D eigenvalue weighted by molar-refractivity contribution is -0.119. The molecule has 0 spiro atoms. The van der Waals surface area contributed by atoms with Gasteiger partial charge in [0.05, 0.1) is 28.0 Å². The zero-order valence-corrected chi connectivity index (χ0v) is 29.3. The number of Topliss-reactive ketones (excluding diaryl/α,β-unsaturated/α-hetero) is 1. The standard InChI is InChI=1S/C36H41BrN4O4S/c1-6-40(35-31(37)26-12-8-10-14-30(26)46-35)33(44)24-16-17-25(29(43)19-36(4,5)39-20-21(2)42)32(22(24)3)41-28-13-9-7-11-23(28)15-18-27(38)34(41)45/h7-14,16-17,21,27,39,42H,6,15,18-20,38H2,1-5H3/t21-,27?/m1/s1. The number of aliphatic hydroxyl groups excluding tert-OH is 1. The van der Waals surface area contributed by atoms with E-state index in [1.165, 1.54) is 11.3 Å². The second-order valence-corrected chi connectivity index (χ2v) is 14.4. The molecule has 2 amide bonds. The molecule has 8 nitrogen and oxygen atoms in total. The third kappa shape index (κ3) is 6.68. The molecule has 0 fully saturated rings. The lowest BCUT2D eigenvalue weighted by Crippen LogP contribution is -2.45. The van der Waals surface area contributed by atoms with Crippen LogP contribution < -0.4 is 20.9 Å². The van der Waals surface area contributed by atoms with Crippen LogP contribution in [0.1, 0.15) is 72.4 Å². The second-order valence-electron chi connectivity index (χ2n) is 12.6. The number of carbonyl (C=O) groups excluding carboxylic acids is 3. The number of anilines is 3. The van der Waals surface area contributed by atoms with Gasteiger partial charge in [0.15, 0.2) is 5.78 Å². The number of nitrogens with zero attached hydrogens (tertiary/aromatic N) is 2. The zero-order chi connectivity index (χ0) is 33.3. The fourth-order valence-corrected chi connectivity index (χ4v) is 8.11. The van der Waals surface area contributed by atoms with Crippen LogP contribution in [0.3, 0.4) is 0 Å². The Hall–Kier alpha value is -3.41. The first-order valence-corrected chi connectivity index (χ1v) is 17.2. The van der Waals surface area contributed by atoms with E-state index in [0.29, 0.717) is 54.0 Å². The van der Waals surface area contributed by atoms with Crippen molar-refractivity contribution in [2.24, 2.45) is 5.73 Å². The molecule has 0 saturated heterocycles. The van der Waals surface area contributed by atoms with Gasteiger partial charge in [0, 0.05) is 46.3 Å². The van der Waals surface area contributed by atoms with Gasteiger partial charge in [0.1, 0.15) is 5.00 Å². The maximum Gasteiger partial charge on any atom is 0.259 e. The van der Waals surface area contributed by atoms with Gasteiger partial charge in [-0.05, 0) is 98.8 Å². The molecule has 0 aliphatic carbocycles. The van der Waals surface area contributed by atoms with Crippen molar-refractivity contribution < 1.29 is 19.5 Å². The van der Waals surface area contributed by atoms with E-state index in [-0.39, 0.29) is 24.0 Å². The highest BCUT2D eigenvalue weighted by atomic mass is 79.9. The van der Waals surface area contributed by atoms with E-state index in [9.17, 15) is 19.5 Å². The van der Waals surface area contributed by atoms with Crippen LogP contribution in [0.4, 0.5) is 16.4 Å². The van der Waals surface area contributed by atoms with Crippen molar-refractivity contribution in [1.82, 2.24) is 5.32 Å². The van der Waals surface area contributed by atoms with E-state index in [0.717, 1.165) is 25.1 Å². The monoisotopic (exact) mass is 704 g/mol. The summed E-state index contributed by atoms with van der Waals surface area (Å²) < 4.78 is 1.91. The van der Waals surface area contributed by atoms with Gasteiger partial charge in [-0.25, -0.2) is 0 Å². The SMILES string of the molecule is CCN(C(=O)c1ccc(C(=O)CC(C)(C)NC[C@@H](C)O)c(N2C(=O)C(N)CCc3ccccc32)c1C)c1sc2ccccc2c1Br. The van der Waals surface area contributed by atoms with Crippen LogP contribution in [-0.4, -0.2) is 53.5 Å². The van der Waals surface area contributed by atoms with Crippen LogP contribution >= 0.6 is 27.3 Å². The average molecular weight is 706 g/mol. The Morgan fingerprint density at radius 3 is 2.50 bits per heavy atom. The molecule has 0 saturated carbocycles. The van der Waals surface area contributed by atoms with Crippen molar-refractivity contribution in [2.45, 2.75) is 71.6 Å². The minimum atomic E-state index is -0.778. The molecule has 46 heavy (non-hydrogen) atoms. The zero-order valence-electron chi connectivity index (χ0n) is 26.9. The van der Waals surface area contributed by atoms with Crippen molar-refractivity contribution >= 4 is 71.3 Å². The molecule has 10 heteroatoms. The number of rotatable bonds is 10. The largest absolute Gasteiger partial charge is 0.392 e. The molecule has 1 aliphatic rings. The van der Waals surface area contributed by atoms with Crippen LogP contribution in [0.15, 0.2) is 65.1 Å². The highest BCUT2D eigenvalue weighted by Gasteiger charge is 2.35.